The minimum atomic E-state index is -0.248. The molecule has 0 bridgehead atoms. The summed E-state index contributed by atoms with van der Waals surface area (Å²) in [7, 11) is 3.23. The normalized spacial score (nSPS) is 16.8. The first kappa shape index (κ1) is 24.3. The quantitative estimate of drug-likeness (QED) is 0.336. The number of rotatable bonds is 7. The Balaban J connectivity index is 1.66. The fraction of sp³-hybridized carbons (Fsp3) is 0.179. The van der Waals surface area contributed by atoms with Crippen LogP contribution in [-0.2, 0) is 4.79 Å². The van der Waals surface area contributed by atoms with Gasteiger partial charge in [0.05, 0.1) is 31.6 Å². The lowest BCUT2D eigenvalue weighted by molar-refractivity contribution is -0.114. The van der Waals surface area contributed by atoms with Gasteiger partial charge in [0, 0.05) is 42.5 Å². The van der Waals surface area contributed by atoms with Gasteiger partial charge < -0.3 is 29.6 Å². The average molecular weight is 514 g/mol. The van der Waals surface area contributed by atoms with Crippen LogP contribution in [0.3, 0.4) is 0 Å². The molecular formula is C28H27N5O3S. The Morgan fingerprint density at radius 3 is 2.59 bits per heavy atom. The topological polar surface area (TPSA) is 80.7 Å². The molecule has 1 aliphatic heterocycles. The standard InChI is InChI=1S/C28H27N5O3S/c1-18(34)30-23-17-20(12-13-25(23)36-3)33-27(26(31-28(33)37)22-10-4-5-14-29-22)24-11-7-15-32(24)19-8-6-9-21(16-19)35-2/h4-17,26-27H,1-3H3,(H,30,34)(H,31,37)/t26-,27+/m1/s1. The second-order valence-electron chi connectivity index (χ2n) is 8.57. The molecule has 188 valence electrons. The van der Waals surface area contributed by atoms with Gasteiger partial charge in [-0.1, -0.05) is 12.1 Å². The van der Waals surface area contributed by atoms with E-state index in [2.05, 4.69) is 31.2 Å². The predicted octanol–water partition coefficient (Wildman–Crippen LogP) is 5.03. The summed E-state index contributed by atoms with van der Waals surface area (Å²) in [6, 6.07) is 23.0. The van der Waals surface area contributed by atoms with E-state index in [1.165, 1.54) is 6.92 Å². The number of carbonyl (C=O) groups excluding carboxylic acids is 1. The Hall–Kier alpha value is -4.37. The van der Waals surface area contributed by atoms with Crippen LogP contribution in [0.5, 0.6) is 11.5 Å². The summed E-state index contributed by atoms with van der Waals surface area (Å²) in [5, 5.41) is 6.90. The smallest absolute Gasteiger partial charge is 0.221 e. The summed E-state index contributed by atoms with van der Waals surface area (Å²) >= 11 is 5.88. The number of benzene rings is 2. The summed E-state index contributed by atoms with van der Waals surface area (Å²) in [5.41, 5.74) is 4.22. The van der Waals surface area contributed by atoms with Gasteiger partial charge in [-0.2, -0.15) is 0 Å². The number of nitrogens with one attached hydrogen (secondary N) is 2. The van der Waals surface area contributed by atoms with Crippen LogP contribution in [0.25, 0.3) is 5.69 Å². The second kappa shape index (κ2) is 10.3. The van der Waals surface area contributed by atoms with Crippen LogP contribution in [0.2, 0.25) is 0 Å². The highest BCUT2D eigenvalue weighted by Gasteiger charge is 2.42. The van der Waals surface area contributed by atoms with Gasteiger partial charge in [-0.15, -0.1) is 0 Å². The largest absolute Gasteiger partial charge is 0.497 e. The number of carbonyl (C=O) groups is 1. The first-order chi connectivity index (χ1) is 18.0. The maximum absolute atomic E-state index is 11.9. The van der Waals surface area contributed by atoms with Gasteiger partial charge in [-0.3, -0.25) is 9.78 Å². The highest BCUT2D eigenvalue weighted by atomic mass is 32.1. The SMILES string of the molecule is COc1cccc(-n2cccc2[C@H]2[C@@H](c3ccccn3)NC(=S)N2c2ccc(OC)c(NC(C)=O)c2)c1. The minimum Gasteiger partial charge on any atom is -0.497 e. The third kappa shape index (κ3) is 4.73. The molecule has 0 spiro atoms. The van der Waals surface area contributed by atoms with Gasteiger partial charge in [-0.25, -0.2) is 0 Å². The molecule has 1 fully saturated rings. The van der Waals surface area contributed by atoms with E-state index in [9.17, 15) is 4.79 Å². The molecule has 2 aromatic carbocycles. The fourth-order valence-electron chi connectivity index (χ4n) is 4.70. The van der Waals surface area contributed by atoms with E-state index in [4.69, 9.17) is 21.7 Å². The Morgan fingerprint density at radius 1 is 1.00 bits per heavy atom. The Morgan fingerprint density at radius 2 is 1.86 bits per heavy atom. The molecule has 9 heteroatoms. The number of ether oxygens (including phenoxy) is 2. The zero-order valence-electron chi connectivity index (χ0n) is 20.7. The Bertz CT molecular complexity index is 1440. The molecule has 1 amide bonds. The minimum absolute atomic E-state index is 0.188. The lowest BCUT2D eigenvalue weighted by Gasteiger charge is -2.29. The molecule has 3 heterocycles. The highest BCUT2D eigenvalue weighted by Crippen LogP contribution is 2.43. The maximum Gasteiger partial charge on any atom is 0.221 e. The van der Waals surface area contributed by atoms with Crippen molar-refractivity contribution in [3.8, 4) is 17.2 Å². The van der Waals surface area contributed by atoms with Crippen molar-refractivity contribution < 1.29 is 14.3 Å². The van der Waals surface area contributed by atoms with Crippen molar-refractivity contribution in [1.29, 1.82) is 0 Å². The summed E-state index contributed by atoms with van der Waals surface area (Å²) in [5.74, 6) is 1.15. The van der Waals surface area contributed by atoms with E-state index in [0.717, 1.165) is 28.5 Å². The van der Waals surface area contributed by atoms with E-state index in [-0.39, 0.29) is 18.0 Å². The van der Waals surface area contributed by atoms with Crippen molar-refractivity contribution in [3.63, 3.8) is 0 Å². The molecule has 2 aromatic heterocycles. The van der Waals surface area contributed by atoms with Gasteiger partial charge in [0.25, 0.3) is 0 Å². The molecule has 1 aliphatic rings. The van der Waals surface area contributed by atoms with Crippen LogP contribution in [0.4, 0.5) is 11.4 Å². The number of aromatic nitrogens is 2. The number of thiocarbonyl (C=S) groups is 1. The molecule has 2 N–H and O–H groups in total. The number of hydrogen-bond acceptors (Lipinski definition) is 5. The van der Waals surface area contributed by atoms with E-state index in [1.54, 1.807) is 20.4 Å². The van der Waals surface area contributed by atoms with Gasteiger partial charge >= 0.3 is 0 Å². The average Bonchev–Trinajstić information content (AvgIpc) is 3.53. The van der Waals surface area contributed by atoms with E-state index >= 15 is 0 Å². The van der Waals surface area contributed by atoms with Crippen molar-refractivity contribution >= 4 is 34.6 Å². The third-order valence-electron chi connectivity index (χ3n) is 6.28. The van der Waals surface area contributed by atoms with Crippen molar-refractivity contribution in [2.24, 2.45) is 0 Å². The van der Waals surface area contributed by atoms with E-state index in [1.807, 2.05) is 72.9 Å². The summed E-state index contributed by atoms with van der Waals surface area (Å²) in [4.78, 5) is 18.6. The molecule has 2 atom stereocenters. The zero-order chi connectivity index (χ0) is 25.9. The van der Waals surface area contributed by atoms with Gasteiger partial charge in [-0.05, 0) is 66.8 Å². The van der Waals surface area contributed by atoms with Crippen molar-refractivity contribution in [2.75, 3.05) is 24.4 Å². The zero-order valence-corrected chi connectivity index (χ0v) is 21.5. The van der Waals surface area contributed by atoms with Crippen LogP contribution in [-0.4, -0.2) is 34.8 Å². The third-order valence-corrected chi connectivity index (χ3v) is 6.60. The number of hydrogen-bond donors (Lipinski definition) is 2. The van der Waals surface area contributed by atoms with Crippen molar-refractivity contribution in [2.45, 2.75) is 19.0 Å². The van der Waals surface area contributed by atoms with Crippen LogP contribution in [0.15, 0.2) is 85.2 Å². The summed E-state index contributed by atoms with van der Waals surface area (Å²) in [6.07, 6.45) is 3.80. The molecule has 0 saturated carbocycles. The number of nitrogens with zero attached hydrogens (tertiary/aromatic N) is 3. The Labute approximate surface area is 220 Å². The number of methoxy groups -OCH3 is 2. The first-order valence-electron chi connectivity index (χ1n) is 11.8. The van der Waals surface area contributed by atoms with Crippen molar-refractivity contribution in [1.82, 2.24) is 14.9 Å². The van der Waals surface area contributed by atoms with Crippen LogP contribution in [0, 0.1) is 0 Å². The molecule has 8 nitrogen and oxygen atoms in total. The van der Waals surface area contributed by atoms with Crippen LogP contribution >= 0.6 is 12.2 Å². The monoisotopic (exact) mass is 513 g/mol. The molecule has 1 saturated heterocycles. The highest BCUT2D eigenvalue weighted by molar-refractivity contribution is 7.80. The van der Waals surface area contributed by atoms with E-state index < -0.39 is 0 Å². The molecular weight excluding hydrogens is 486 g/mol. The molecule has 5 rings (SSSR count). The maximum atomic E-state index is 11.9. The van der Waals surface area contributed by atoms with Crippen LogP contribution in [0.1, 0.15) is 30.4 Å². The van der Waals surface area contributed by atoms with Crippen molar-refractivity contribution in [3.05, 3.63) is 96.6 Å². The molecule has 0 radical (unpaired) electrons. The fourth-order valence-corrected chi connectivity index (χ4v) is 5.04. The number of pyridine rings is 1. The van der Waals surface area contributed by atoms with Gasteiger partial charge in [0.1, 0.15) is 17.5 Å². The first-order valence-corrected chi connectivity index (χ1v) is 12.2. The summed E-state index contributed by atoms with van der Waals surface area (Å²) in [6.45, 7) is 1.47. The molecule has 0 aliphatic carbocycles. The molecule has 37 heavy (non-hydrogen) atoms. The number of anilines is 2. The van der Waals surface area contributed by atoms with Crippen LogP contribution < -0.4 is 25.0 Å². The number of amides is 1. The lowest BCUT2D eigenvalue weighted by atomic mass is 10.0. The Kier molecular flexibility index (Phi) is 6.78. The lowest BCUT2D eigenvalue weighted by Crippen LogP contribution is -2.30. The predicted molar refractivity (Wildman–Crippen MR) is 148 cm³/mol. The van der Waals surface area contributed by atoms with Gasteiger partial charge in [0.15, 0.2) is 5.11 Å². The van der Waals surface area contributed by atoms with E-state index in [0.29, 0.717) is 16.5 Å². The second-order valence-corrected chi connectivity index (χ2v) is 8.95. The molecule has 4 aromatic rings. The summed E-state index contributed by atoms with van der Waals surface area (Å²) < 4.78 is 13.1. The molecule has 0 unspecified atom stereocenters. The van der Waals surface area contributed by atoms with Gasteiger partial charge in [0.2, 0.25) is 5.91 Å².